The molecule has 0 bridgehead atoms. The van der Waals surface area contributed by atoms with E-state index in [0.717, 1.165) is 5.56 Å². The average Bonchev–Trinajstić information content (AvgIpc) is 2.77. The number of nitrogens with one attached hydrogen (secondary N) is 2. The zero-order valence-corrected chi connectivity index (χ0v) is 20.1. The molecule has 9 heteroatoms. The lowest BCUT2D eigenvalue weighted by Gasteiger charge is -2.19. The number of hydrogen-bond acceptors (Lipinski definition) is 5. The Balaban J connectivity index is 1.84. The molecule has 0 saturated carbocycles. The number of carbonyl (C=O) groups is 1. The van der Waals surface area contributed by atoms with Gasteiger partial charge in [-0.2, -0.15) is 16.5 Å². The molecule has 2 atom stereocenters. The molecule has 2 rings (SSSR count). The Kier molecular flexibility index (Phi) is 10.8. The third-order valence-corrected chi connectivity index (χ3v) is 6.99. The van der Waals surface area contributed by atoms with Crippen LogP contribution in [0.25, 0.3) is 0 Å². The second-order valence-corrected chi connectivity index (χ2v) is 10.1. The Morgan fingerprint density at radius 3 is 2.45 bits per heavy atom. The van der Waals surface area contributed by atoms with E-state index < -0.39 is 16.1 Å². The molecule has 2 aromatic carbocycles. The van der Waals surface area contributed by atoms with Crippen molar-refractivity contribution < 1.29 is 17.9 Å². The minimum atomic E-state index is -3.83. The van der Waals surface area contributed by atoms with Gasteiger partial charge in [0, 0.05) is 18.2 Å². The summed E-state index contributed by atoms with van der Waals surface area (Å²) in [5.41, 5.74) is 1.10. The van der Waals surface area contributed by atoms with Gasteiger partial charge < -0.3 is 10.1 Å². The van der Waals surface area contributed by atoms with E-state index in [-0.39, 0.29) is 16.9 Å². The molecule has 6 nitrogen and oxygen atoms in total. The number of hydrogen-bond donors (Lipinski definition) is 2. The molecular weight excluding hydrogens is 456 g/mol. The highest BCUT2D eigenvalue weighted by Crippen LogP contribution is 2.16. The Hall–Kier alpha value is -1.58. The van der Waals surface area contributed by atoms with Crippen LogP contribution in [0.3, 0.4) is 0 Å². The zero-order chi connectivity index (χ0) is 22.7. The van der Waals surface area contributed by atoms with Crippen molar-refractivity contribution in [2.24, 2.45) is 0 Å². The molecule has 2 aromatic rings. The molecule has 2 N–H and O–H groups in total. The first-order valence-electron chi connectivity index (χ1n) is 10.0. The van der Waals surface area contributed by atoms with Crippen LogP contribution in [0.15, 0.2) is 59.5 Å². The number of amides is 1. The molecule has 0 spiro atoms. The lowest BCUT2D eigenvalue weighted by molar-refractivity contribution is -0.122. The molecule has 0 aliphatic heterocycles. The summed E-state index contributed by atoms with van der Waals surface area (Å²) in [6.07, 6.45) is 2.90. The van der Waals surface area contributed by atoms with E-state index in [1.165, 1.54) is 24.3 Å². The number of rotatable bonds is 13. The number of halogens is 1. The summed E-state index contributed by atoms with van der Waals surface area (Å²) in [5, 5.41) is 3.26. The van der Waals surface area contributed by atoms with Crippen LogP contribution in [-0.2, 0) is 19.6 Å². The van der Waals surface area contributed by atoms with Gasteiger partial charge in [-0.25, -0.2) is 8.42 Å². The first-order chi connectivity index (χ1) is 14.8. The van der Waals surface area contributed by atoms with Crippen LogP contribution in [0.2, 0.25) is 5.02 Å². The predicted octanol–water partition coefficient (Wildman–Crippen LogP) is 4.02. The van der Waals surface area contributed by atoms with Crippen LogP contribution in [0.4, 0.5) is 0 Å². The molecule has 0 aromatic heterocycles. The highest BCUT2D eigenvalue weighted by atomic mass is 35.5. The van der Waals surface area contributed by atoms with Gasteiger partial charge in [-0.05, 0) is 61.6 Å². The third-order valence-electron chi connectivity index (χ3n) is 4.61. The molecule has 31 heavy (non-hydrogen) atoms. The first kappa shape index (κ1) is 25.7. The van der Waals surface area contributed by atoms with Crippen LogP contribution in [-0.4, -0.2) is 45.5 Å². The Morgan fingerprint density at radius 2 is 1.81 bits per heavy atom. The number of benzene rings is 2. The Morgan fingerprint density at radius 1 is 1.13 bits per heavy atom. The van der Waals surface area contributed by atoms with E-state index in [0.29, 0.717) is 36.8 Å². The van der Waals surface area contributed by atoms with Crippen LogP contribution in [0.1, 0.15) is 31.4 Å². The molecule has 0 fully saturated rings. The van der Waals surface area contributed by atoms with Gasteiger partial charge in [-0.15, -0.1) is 0 Å². The SMILES string of the molecule is CSCCC(NS(=O)(=O)c1ccc(Cl)cc1)C(=O)NCCCOC(C)c1ccccc1. The van der Waals surface area contributed by atoms with E-state index in [1.807, 2.05) is 43.5 Å². The van der Waals surface area contributed by atoms with Crippen molar-refractivity contribution in [1.29, 1.82) is 0 Å². The number of carbonyl (C=O) groups excluding carboxylic acids is 1. The maximum atomic E-state index is 12.6. The molecule has 2 unspecified atom stereocenters. The van der Waals surface area contributed by atoms with E-state index in [2.05, 4.69) is 10.0 Å². The summed E-state index contributed by atoms with van der Waals surface area (Å²) in [4.78, 5) is 12.7. The quantitative estimate of drug-likeness (QED) is 0.419. The number of sulfonamides is 1. The second kappa shape index (κ2) is 13.1. The monoisotopic (exact) mass is 484 g/mol. The van der Waals surface area contributed by atoms with Gasteiger partial charge in [-0.1, -0.05) is 41.9 Å². The van der Waals surface area contributed by atoms with Crippen molar-refractivity contribution in [1.82, 2.24) is 10.0 Å². The summed E-state index contributed by atoms with van der Waals surface area (Å²) in [6, 6.07) is 14.9. The van der Waals surface area contributed by atoms with Crippen molar-refractivity contribution in [3.63, 3.8) is 0 Å². The smallest absolute Gasteiger partial charge is 0.241 e. The van der Waals surface area contributed by atoms with Gasteiger partial charge in [0.15, 0.2) is 0 Å². The number of ether oxygens (including phenoxy) is 1. The van der Waals surface area contributed by atoms with Crippen LogP contribution in [0, 0.1) is 0 Å². The first-order valence-corrected chi connectivity index (χ1v) is 13.3. The van der Waals surface area contributed by atoms with E-state index in [1.54, 1.807) is 11.8 Å². The second-order valence-electron chi connectivity index (χ2n) is 6.98. The minimum absolute atomic E-state index is 0.0302. The molecule has 0 heterocycles. The van der Waals surface area contributed by atoms with Gasteiger partial charge in [0.2, 0.25) is 15.9 Å². The summed E-state index contributed by atoms with van der Waals surface area (Å²) >= 11 is 7.38. The summed E-state index contributed by atoms with van der Waals surface area (Å²) in [7, 11) is -3.83. The standard InChI is InChI=1S/C22H29ClN2O4S2/c1-17(18-7-4-3-5-8-18)29-15-6-14-24-22(26)21(13-16-30-2)25-31(27,28)20-11-9-19(23)10-12-20/h3-5,7-12,17,21,25H,6,13-16H2,1-2H3,(H,24,26). The van der Waals surface area contributed by atoms with Crippen LogP contribution in [0.5, 0.6) is 0 Å². The van der Waals surface area contributed by atoms with Gasteiger partial charge in [-0.3, -0.25) is 4.79 Å². The lowest BCUT2D eigenvalue weighted by atomic mass is 10.1. The maximum absolute atomic E-state index is 12.6. The Bertz CT molecular complexity index is 909. The van der Waals surface area contributed by atoms with Gasteiger partial charge in [0.25, 0.3) is 0 Å². The Labute approximate surface area is 194 Å². The van der Waals surface area contributed by atoms with E-state index in [9.17, 15) is 13.2 Å². The van der Waals surface area contributed by atoms with Gasteiger partial charge >= 0.3 is 0 Å². The molecule has 0 saturated heterocycles. The normalized spacial score (nSPS) is 13.5. The van der Waals surface area contributed by atoms with E-state index in [4.69, 9.17) is 16.3 Å². The van der Waals surface area contributed by atoms with E-state index >= 15 is 0 Å². The fourth-order valence-electron chi connectivity index (χ4n) is 2.84. The predicted molar refractivity (Wildman–Crippen MR) is 127 cm³/mol. The van der Waals surface area contributed by atoms with Crippen molar-refractivity contribution in [2.45, 2.75) is 36.8 Å². The maximum Gasteiger partial charge on any atom is 0.241 e. The highest BCUT2D eigenvalue weighted by Gasteiger charge is 2.25. The van der Waals surface area contributed by atoms with Crippen molar-refractivity contribution in [3.05, 3.63) is 65.2 Å². The van der Waals surface area contributed by atoms with Gasteiger partial charge in [0.1, 0.15) is 6.04 Å². The molecule has 1 amide bonds. The molecule has 170 valence electrons. The van der Waals surface area contributed by atoms with Crippen molar-refractivity contribution in [3.8, 4) is 0 Å². The minimum Gasteiger partial charge on any atom is -0.374 e. The van der Waals surface area contributed by atoms with Crippen LogP contribution < -0.4 is 10.0 Å². The average molecular weight is 485 g/mol. The zero-order valence-electron chi connectivity index (χ0n) is 17.7. The molecule has 0 aliphatic carbocycles. The summed E-state index contributed by atoms with van der Waals surface area (Å²) < 4.78 is 33.6. The fourth-order valence-corrected chi connectivity index (χ4v) is 4.66. The van der Waals surface area contributed by atoms with Crippen molar-refractivity contribution in [2.75, 3.05) is 25.2 Å². The molecule has 0 radical (unpaired) electrons. The fraction of sp³-hybridized carbons (Fsp3) is 0.409. The topological polar surface area (TPSA) is 84.5 Å². The number of thioether (sulfide) groups is 1. The summed E-state index contributed by atoms with van der Waals surface area (Å²) in [5.74, 6) is 0.307. The largest absolute Gasteiger partial charge is 0.374 e. The molecular formula is C22H29ClN2O4S2. The van der Waals surface area contributed by atoms with Crippen LogP contribution >= 0.6 is 23.4 Å². The third kappa shape index (κ3) is 8.82. The lowest BCUT2D eigenvalue weighted by Crippen LogP contribution is -2.47. The highest BCUT2D eigenvalue weighted by molar-refractivity contribution is 7.98. The van der Waals surface area contributed by atoms with Crippen molar-refractivity contribution >= 4 is 39.3 Å². The summed E-state index contributed by atoms with van der Waals surface area (Å²) in [6.45, 7) is 2.87. The van der Waals surface area contributed by atoms with Gasteiger partial charge in [0.05, 0.1) is 11.0 Å². The molecule has 0 aliphatic rings.